The fraction of sp³-hybridized carbons (Fsp3) is 0.435. The van der Waals surface area contributed by atoms with Crippen LogP contribution in [0.25, 0.3) is 21.8 Å². The lowest BCUT2D eigenvalue weighted by atomic mass is 9.84. The number of thiophene rings is 2. The first-order chi connectivity index (χ1) is 28.0. The van der Waals surface area contributed by atoms with Crippen LogP contribution in [-0.4, -0.2) is 121 Å². The summed E-state index contributed by atoms with van der Waals surface area (Å²) in [5.74, 6) is 0.0198. The van der Waals surface area contributed by atoms with Crippen LogP contribution in [0, 0.1) is 0 Å². The molecule has 0 radical (unpaired) electrons. The largest absolute Gasteiger partial charge is 0.351 e. The van der Waals surface area contributed by atoms with E-state index in [9.17, 15) is 9.59 Å². The molecule has 2 saturated heterocycles. The predicted octanol–water partition coefficient (Wildman–Crippen LogP) is 7.05. The molecule has 8 rings (SSSR count). The predicted molar refractivity (Wildman–Crippen MR) is 241 cm³/mol. The van der Waals surface area contributed by atoms with Gasteiger partial charge in [-0.1, -0.05) is 24.3 Å². The van der Waals surface area contributed by atoms with Crippen LogP contribution >= 0.6 is 22.7 Å². The van der Waals surface area contributed by atoms with Crippen molar-refractivity contribution in [3.8, 4) is 0 Å². The number of nitrogens with zero attached hydrogens (tertiary/aromatic N) is 6. The van der Waals surface area contributed by atoms with Gasteiger partial charge in [0.2, 0.25) is 0 Å². The minimum Gasteiger partial charge on any atom is -0.351 e. The Morgan fingerprint density at radius 1 is 0.638 bits per heavy atom. The Bertz CT molecular complexity index is 2250. The Morgan fingerprint density at radius 3 is 1.71 bits per heavy atom. The SMILES string of the molecule is CN(C)C1(c2cccs2)CCN(CCNC(=O)c2ccc3ccn(C)c3c2)CC1.CN(C)C1(c2cccs2)CCN(CCNC(=O)c2cccc3c2ccn3C)CC1. The van der Waals surface area contributed by atoms with Crippen molar-refractivity contribution >= 4 is 56.3 Å². The number of hydrogen-bond donors (Lipinski definition) is 2. The molecule has 2 N–H and O–H groups in total. The van der Waals surface area contributed by atoms with Gasteiger partial charge in [0, 0.05) is 116 Å². The van der Waals surface area contributed by atoms with E-state index in [1.54, 1.807) is 0 Å². The van der Waals surface area contributed by atoms with E-state index in [2.05, 4.69) is 99.5 Å². The number of fused-ring (bicyclic) bond motifs is 2. The van der Waals surface area contributed by atoms with Crippen LogP contribution in [-0.2, 0) is 25.2 Å². The number of rotatable bonds is 12. The number of nitrogens with one attached hydrogen (secondary N) is 2. The normalized spacial score (nSPS) is 17.1. The van der Waals surface area contributed by atoms with Gasteiger partial charge in [-0.25, -0.2) is 0 Å². The molecule has 12 heteroatoms. The molecule has 0 atom stereocenters. The highest BCUT2D eigenvalue weighted by Gasteiger charge is 2.40. The van der Waals surface area contributed by atoms with Crippen molar-refractivity contribution in [2.75, 3.05) is 80.5 Å². The summed E-state index contributed by atoms with van der Waals surface area (Å²) in [7, 11) is 12.8. The molecule has 0 spiro atoms. The van der Waals surface area contributed by atoms with Crippen LogP contribution in [0.2, 0.25) is 0 Å². The first-order valence-electron chi connectivity index (χ1n) is 20.5. The highest BCUT2D eigenvalue weighted by Crippen LogP contribution is 2.40. The maximum atomic E-state index is 12.7. The van der Waals surface area contributed by atoms with Gasteiger partial charge in [0.1, 0.15) is 0 Å². The zero-order valence-corrected chi connectivity index (χ0v) is 36.7. The quantitative estimate of drug-likeness (QED) is 0.138. The van der Waals surface area contributed by atoms with Crippen LogP contribution in [0.3, 0.4) is 0 Å². The second-order valence-corrected chi connectivity index (χ2v) is 18.3. The summed E-state index contributed by atoms with van der Waals surface area (Å²) in [6, 6.07) is 24.7. The maximum Gasteiger partial charge on any atom is 0.252 e. The molecule has 4 aromatic heterocycles. The highest BCUT2D eigenvalue weighted by atomic mass is 32.1. The molecule has 2 aromatic carbocycles. The molecule has 2 aliphatic heterocycles. The van der Waals surface area contributed by atoms with E-state index in [0.29, 0.717) is 13.1 Å². The second-order valence-electron chi connectivity index (χ2n) is 16.4. The van der Waals surface area contributed by atoms with Gasteiger partial charge >= 0.3 is 0 Å². The molecule has 0 bridgehead atoms. The molecule has 58 heavy (non-hydrogen) atoms. The summed E-state index contributed by atoms with van der Waals surface area (Å²) in [4.78, 5) is 37.9. The Balaban J connectivity index is 0.000000177. The summed E-state index contributed by atoms with van der Waals surface area (Å²) in [5, 5.41) is 12.7. The van der Waals surface area contributed by atoms with E-state index in [1.165, 1.54) is 9.75 Å². The minimum atomic E-state index is 0.00586. The van der Waals surface area contributed by atoms with Crippen molar-refractivity contribution < 1.29 is 9.59 Å². The lowest BCUT2D eigenvalue weighted by Crippen LogP contribution is -2.51. The number of aryl methyl sites for hydroxylation is 2. The summed E-state index contributed by atoms with van der Waals surface area (Å²) in [6.07, 6.45) is 8.51. The molecule has 0 saturated carbocycles. The fourth-order valence-corrected chi connectivity index (χ4v) is 11.1. The lowest BCUT2D eigenvalue weighted by molar-refractivity contribution is 0.0567. The topological polar surface area (TPSA) is 81.0 Å². The molecule has 0 aliphatic carbocycles. The van der Waals surface area contributed by atoms with Gasteiger partial charge in [0.15, 0.2) is 0 Å². The Kier molecular flexibility index (Phi) is 13.2. The molecule has 6 aromatic rings. The van der Waals surface area contributed by atoms with Gasteiger partial charge in [-0.3, -0.25) is 19.4 Å². The molecule has 6 heterocycles. The van der Waals surface area contributed by atoms with Crippen LogP contribution in [0.5, 0.6) is 0 Å². The number of carbonyl (C=O) groups excluding carboxylic acids is 2. The van der Waals surface area contributed by atoms with Crippen molar-refractivity contribution in [2.24, 2.45) is 14.1 Å². The monoisotopic (exact) mass is 820 g/mol. The summed E-state index contributed by atoms with van der Waals surface area (Å²) in [6.45, 7) is 7.37. The Hall–Kier alpha value is -4.30. The number of piperidine rings is 2. The van der Waals surface area contributed by atoms with E-state index in [1.807, 2.05) is 101 Å². The van der Waals surface area contributed by atoms with E-state index < -0.39 is 0 Å². The number of hydrogen-bond acceptors (Lipinski definition) is 8. The van der Waals surface area contributed by atoms with Crippen molar-refractivity contribution in [3.05, 3.63) is 117 Å². The highest BCUT2D eigenvalue weighted by molar-refractivity contribution is 7.10. The lowest BCUT2D eigenvalue weighted by Gasteiger charge is -2.45. The first kappa shape index (κ1) is 41.8. The Labute approximate surface area is 352 Å². The summed E-state index contributed by atoms with van der Waals surface area (Å²) in [5.41, 5.74) is 3.95. The smallest absolute Gasteiger partial charge is 0.252 e. The fourth-order valence-electron chi connectivity index (χ4n) is 8.96. The van der Waals surface area contributed by atoms with E-state index in [0.717, 1.165) is 97.9 Å². The molecule has 2 aliphatic rings. The number of carbonyl (C=O) groups is 2. The van der Waals surface area contributed by atoms with Crippen LogP contribution in [0.1, 0.15) is 56.2 Å². The van der Waals surface area contributed by atoms with Crippen LogP contribution < -0.4 is 10.6 Å². The van der Waals surface area contributed by atoms with Crippen molar-refractivity contribution in [1.29, 1.82) is 0 Å². The van der Waals surface area contributed by atoms with Crippen molar-refractivity contribution in [1.82, 2.24) is 39.4 Å². The number of likely N-dealkylation sites (tertiary alicyclic amines) is 2. The second kappa shape index (κ2) is 18.3. The van der Waals surface area contributed by atoms with Gasteiger partial charge in [0.25, 0.3) is 11.8 Å². The summed E-state index contributed by atoms with van der Waals surface area (Å²) >= 11 is 3.72. The van der Waals surface area contributed by atoms with Gasteiger partial charge in [-0.05, 0) is 119 Å². The Morgan fingerprint density at radius 2 is 1.17 bits per heavy atom. The zero-order valence-electron chi connectivity index (χ0n) is 35.0. The van der Waals surface area contributed by atoms with E-state index in [-0.39, 0.29) is 22.9 Å². The first-order valence-corrected chi connectivity index (χ1v) is 22.3. The number of benzene rings is 2. The van der Waals surface area contributed by atoms with Crippen LogP contribution in [0.15, 0.2) is 96.0 Å². The van der Waals surface area contributed by atoms with Crippen LogP contribution in [0.4, 0.5) is 0 Å². The maximum absolute atomic E-state index is 12.7. The van der Waals surface area contributed by atoms with Crippen molar-refractivity contribution in [2.45, 2.75) is 36.8 Å². The third-order valence-electron chi connectivity index (χ3n) is 12.8. The molecular weight excluding hydrogens is 761 g/mol. The molecule has 2 amide bonds. The number of aromatic nitrogens is 2. The van der Waals surface area contributed by atoms with Gasteiger partial charge in [-0.2, -0.15) is 0 Å². The van der Waals surface area contributed by atoms with E-state index >= 15 is 0 Å². The standard InChI is InChI=1S/2C23H30N4OS/c1-25(2)23(21-8-5-17-29-21)10-14-27(15-11-23)16-12-24-22(28)19-6-4-7-20-18(19)9-13-26(20)3;1-25(2)23(21-5-4-16-29-21)9-13-27(14-10-23)15-11-24-22(28)19-7-6-18-8-12-26(3)20(18)17-19/h4-9,13,17H,10-12,14-16H2,1-3H3,(H,24,28);4-8,12,16-17H,9-11,13-15H2,1-3H3,(H,24,28). The third-order valence-corrected chi connectivity index (χ3v) is 14.9. The number of amides is 2. The van der Waals surface area contributed by atoms with E-state index in [4.69, 9.17) is 0 Å². The molecule has 10 nitrogen and oxygen atoms in total. The average Bonchev–Trinajstić information content (AvgIpc) is 4.08. The molecule has 308 valence electrons. The van der Waals surface area contributed by atoms with Gasteiger partial charge in [-0.15, -0.1) is 22.7 Å². The van der Waals surface area contributed by atoms with Crippen molar-refractivity contribution in [3.63, 3.8) is 0 Å². The molecule has 0 unspecified atom stereocenters. The van der Waals surface area contributed by atoms with Gasteiger partial charge < -0.3 is 29.6 Å². The minimum absolute atomic E-state index is 0.00586. The third kappa shape index (κ3) is 8.83. The molecular formula is C46H60N8O2S2. The molecule has 2 fully saturated rings. The zero-order chi connectivity index (χ0) is 40.9. The van der Waals surface area contributed by atoms with Gasteiger partial charge in [0.05, 0.1) is 11.1 Å². The average molecular weight is 821 g/mol. The summed E-state index contributed by atoms with van der Waals surface area (Å²) < 4.78 is 4.09.